The van der Waals surface area contributed by atoms with Crippen LogP contribution in [-0.2, 0) is 0 Å². The highest BCUT2D eigenvalue weighted by Crippen LogP contribution is 2.19. The van der Waals surface area contributed by atoms with Gasteiger partial charge in [0.15, 0.2) is 5.11 Å². The van der Waals surface area contributed by atoms with E-state index in [2.05, 4.69) is 48.7 Å². The van der Waals surface area contributed by atoms with E-state index in [1.165, 1.54) is 11.1 Å². The lowest BCUT2D eigenvalue weighted by atomic mass is 10.0. The lowest BCUT2D eigenvalue weighted by Crippen LogP contribution is -2.32. The fraction of sp³-hybridized carbons (Fsp3) is 0.316. The van der Waals surface area contributed by atoms with Crippen molar-refractivity contribution >= 4 is 23.0 Å². The van der Waals surface area contributed by atoms with E-state index in [4.69, 9.17) is 17.0 Å². The first-order valence-corrected chi connectivity index (χ1v) is 8.40. The van der Waals surface area contributed by atoms with Crippen LogP contribution in [0.5, 0.6) is 5.75 Å². The second-order valence-electron chi connectivity index (χ2n) is 5.43. The number of anilines is 1. The Morgan fingerprint density at radius 3 is 2.52 bits per heavy atom. The number of hydrogen-bond acceptors (Lipinski definition) is 2. The molecular formula is C19H24N2OS. The van der Waals surface area contributed by atoms with Crippen molar-refractivity contribution in [3.05, 3.63) is 59.7 Å². The third-order valence-electron chi connectivity index (χ3n) is 3.60. The van der Waals surface area contributed by atoms with Gasteiger partial charge in [-0.25, -0.2) is 0 Å². The molecule has 0 fully saturated rings. The van der Waals surface area contributed by atoms with Crippen LogP contribution in [0.4, 0.5) is 5.69 Å². The summed E-state index contributed by atoms with van der Waals surface area (Å²) < 4.78 is 5.51. The Balaban J connectivity index is 1.99. The monoisotopic (exact) mass is 328 g/mol. The molecule has 2 N–H and O–H groups in total. The third kappa shape index (κ3) is 5.25. The summed E-state index contributed by atoms with van der Waals surface area (Å²) in [6.45, 7) is 6.86. The van der Waals surface area contributed by atoms with E-state index in [9.17, 15) is 0 Å². The number of thiocarbonyl (C=S) groups is 1. The molecule has 0 aliphatic heterocycles. The highest BCUT2D eigenvalue weighted by Gasteiger charge is 2.10. The Kier molecular flexibility index (Phi) is 6.41. The molecule has 0 unspecified atom stereocenters. The lowest BCUT2D eigenvalue weighted by molar-refractivity contribution is 0.340. The van der Waals surface area contributed by atoms with E-state index < -0.39 is 0 Å². The molecule has 0 saturated carbocycles. The average Bonchev–Trinajstić information content (AvgIpc) is 2.54. The Labute approximate surface area is 144 Å². The van der Waals surface area contributed by atoms with Crippen molar-refractivity contribution < 1.29 is 4.74 Å². The highest BCUT2D eigenvalue weighted by molar-refractivity contribution is 7.80. The molecule has 3 nitrogen and oxygen atoms in total. The van der Waals surface area contributed by atoms with Gasteiger partial charge in [-0.3, -0.25) is 0 Å². The smallest absolute Gasteiger partial charge is 0.171 e. The lowest BCUT2D eigenvalue weighted by Gasteiger charge is -2.20. The molecule has 0 aromatic heterocycles. The summed E-state index contributed by atoms with van der Waals surface area (Å²) in [5, 5.41) is 7.23. The zero-order chi connectivity index (χ0) is 16.7. The van der Waals surface area contributed by atoms with Crippen LogP contribution in [0.15, 0.2) is 48.5 Å². The van der Waals surface area contributed by atoms with Gasteiger partial charge in [-0.2, -0.15) is 0 Å². The van der Waals surface area contributed by atoms with Gasteiger partial charge < -0.3 is 15.4 Å². The standard InChI is InChI=1S/C19H24N2OS/c1-4-18(15-11-9-14(3)10-12-15)21-19(23)20-16-7-6-8-17(13-16)22-5-2/h6-13,18H,4-5H2,1-3H3,(H2,20,21,23)/t18-/m0/s1. The van der Waals surface area contributed by atoms with Crippen molar-refractivity contribution in [2.24, 2.45) is 0 Å². The van der Waals surface area contributed by atoms with Crippen molar-refractivity contribution in [1.29, 1.82) is 0 Å². The first-order chi connectivity index (χ1) is 11.1. The zero-order valence-electron chi connectivity index (χ0n) is 13.9. The number of nitrogens with one attached hydrogen (secondary N) is 2. The van der Waals surface area contributed by atoms with E-state index in [0.717, 1.165) is 17.9 Å². The summed E-state index contributed by atoms with van der Waals surface area (Å²) in [5.41, 5.74) is 3.43. The van der Waals surface area contributed by atoms with Crippen LogP contribution >= 0.6 is 12.2 Å². The molecular weight excluding hydrogens is 304 g/mol. The van der Waals surface area contributed by atoms with Crippen LogP contribution < -0.4 is 15.4 Å². The van der Waals surface area contributed by atoms with E-state index in [1.807, 2.05) is 31.2 Å². The maximum absolute atomic E-state index is 5.51. The predicted molar refractivity (Wildman–Crippen MR) is 101 cm³/mol. The quantitative estimate of drug-likeness (QED) is 0.744. The average molecular weight is 328 g/mol. The summed E-state index contributed by atoms with van der Waals surface area (Å²) in [4.78, 5) is 0. The molecule has 2 rings (SSSR count). The number of rotatable bonds is 6. The summed E-state index contributed by atoms with van der Waals surface area (Å²) >= 11 is 5.45. The van der Waals surface area contributed by atoms with Gasteiger partial charge in [0, 0.05) is 11.8 Å². The Bertz CT molecular complexity index is 640. The molecule has 0 aliphatic rings. The van der Waals surface area contributed by atoms with Gasteiger partial charge in [0.25, 0.3) is 0 Å². The summed E-state index contributed by atoms with van der Waals surface area (Å²) in [5.74, 6) is 0.839. The maximum atomic E-state index is 5.51. The molecule has 0 radical (unpaired) electrons. The SMILES string of the molecule is CCOc1cccc(NC(=S)N[C@@H](CC)c2ccc(C)cc2)c1. The topological polar surface area (TPSA) is 33.3 Å². The first kappa shape index (κ1) is 17.3. The van der Waals surface area contributed by atoms with Gasteiger partial charge in [-0.05, 0) is 50.2 Å². The minimum Gasteiger partial charge on any atom is -0.494 e. The summed E-state index contributed by atoms with van der Waals surface area (Å²) in [6.07, 6.45) is 0.962. The molecule has 2 aromatic carbocycles. The maximum Gasteiger partial charge on any atom is 0.171 e. The minimum absolute atomic E-state index is 0.200. The van der Waals surface area contributed by atoms with Crippen LogP contribution in [-0.4, -0.2) is 11.7 Å². The van der Waals surface area contributed by atoms with Gasteiger partial charge >= 0.3 is 0 Å². The van der Waals surface area contributed by atoms with E-state index in [1.54, 1.807) is 0 Å². The predicted octanol–water partition coefficient (Wildman–Crippen LogP) is 4.83. The molecule has 0 amide bonds. The first-order valence-electron chi connectivity index (χ1n) is 7.99. The van der Waals surface area contributed by atoms with Gasteiger partial charge in [0.05, 0.1) is 12.6 Å². The molecule has 122 valence electrons. The number of ether oxygens (including phenoxy) is 1. The minimum atomic E-state index is 0.200. The number of benzene rings is 2. The fourth-order valence-corrected chi connectivity index (χ4v) is 2.64. The molecule has 0 spiro atoms. The molecule has 1 atom stereocenters. The van der Waals surface area contributed by atoms with Crippen LogP contribution in [0, 0.1) is 6.92 Å². The van der Waals surface area contributed by atoms with Crippen molar-refractivity contribution in [3.8, 4) is 5.75 Å². The highest BCUT2D eigenvalue weighted by atomic mass is 32.1. The third-order valence-corrected chi connectivity index (χ3v) is 3.82. The Morgan fingerprint density at radius 2 is 1.87 bits per heavy atom. The van der Waals surface area contributed by atoms with Crippen molar-refractivity contribution in [1.82, 2.24) is 5.32 Å². The van der Waals surface area contributed by atoms with Gasteiger partial charge in [0.2, 0.25) is 0 Å². The van der Waals surface area contributed by atoms with E-state index >= 15 is 0 Å². The van der Waals surface area contributed by atoms with E-state index in [0.29, 0.717) is 11.7 Å². The molecule has 0 aliphatic carbocycles. The number of aryl methyl sites for hydroxylation is 1. The molecule has 0 heterocycles. The molecule has 0 saturated heterocycles. The zero-order valence-corrected chi connectivity index (χ0v) is 14.7. The van der Waals surface area contributed by atoms with Crippen molar-refractivity contribution in [3.63, 3.8) is 0 Å². The van der Waals surface area contributed by atoms with Crippen molar-refractivity contribution in [2.45, 2.75) is 33.2 Å². The fourth-order valence-electron chi connectivity index (χ4n) is 2.38. The van der Waals surface area contributed by atoms with Crippen LogP contribution in [0.3, 0.4) is 0 Å². The van der Waals surface area contributed by atoms with Crippen LogP contribution in [0.25, 0.3) is 0 Å². The van der Waals surface area contributed by atoms with E-state index in [-0.39, 0.29) is 6.04 Å². The molecule has 23 heavy (non-hydrogen) atoms. The normalized spacial score (nSPS) is 11.6. The molecule has 4 heteroatoms. The summed E-state index contributed by atoms with van der Waals surface area (Å²) in [6, 6.07) is 16.6. The molecule has 2 aromatic rings. The van der Waals surface area contributed by atoms with Gasteiger partial charge in [-0.15, -0.1) is 0 Å². The largest absolute Gasteiger partial charge is 0.494 e. The van der Waals surface area contributed by atoms with Crippen LogP contribution in [0.2, 0.25) is 0 Å². The Hall–Kier alpha value is -2.07. The van der Waals surface area contributed by atoms with Gasteiger partial charge in [-0.1, -0.05) is 42.8 Å². The second kappa shape index (κ2) is 8.53. The Morgan fingerprint density at radius 1 is 1.13 bits per heavy atom. The molecule has 0 bridgehead atoms. The second-order valence-corrected chi connectivity index (χ2v) is 5.84. The van der Waals surface area contributed by atoms with Gasteiger partial charge in [0.1, 0.15) is 5.75 Å². The number of hydrogen-bond donors (Lipinski definition) is 2. The summed E-state index contributed by atoms with van der Waals surface area (Å²) in [7, 11) is 0. The van der Waals surface area contributed by atoms with Crippen LogP contribution in [0.1, 0.15) is 37.4 Å². The van der Waals surface area contributed by atoms with Crippen molar-refractivity contribution in [2.75, 3.05) is 11.9 Å².